The second-order valence-electron chi connectivity index (χ2n) is 7.10. The molecule has 1 N–H and O–H groups in total. The van der Waals surface area contributed by atoms with Crippen molar-refractivity contribution in [1.82, 2.24) is 25.0 Å². The van der Waals surface area contributed by atoms with Gasteiger partial charge in [-0.25, -0.2) is 0 Å². The second kappa shape index (κ2) is 6.26. The quantitative estimate of drug-likeness (QED) is 0.890. The zero-order valence-corrected chi connectivity index (χ0v) is 13.3. The Morgan fingerprint density at radius 2 is 1.73 bits per heavy atom. The van der Waals surface area contributed by atoms with Gasteiger partial charge in [0.05, 0.1) is 5.60 Å². The minimum Gasteiger partial charge on any atom is -0.375 e. The van der Waals surface area contributed by atoms with Crippen molar-refractivity contribution >= 4 is 0 Å². The predicted molar refractivity (Wildman–Crippen MR) is 83.7 cm³/mol. The molecule has 3 aliphatic rings. The van der Waals surface area contributed by atoms with Crippen molar-refractivity contribution in [2.75, 3.05) is 32.8 Å². The Morgan fingerprint density at radius 1 is 1.00 bits per heavy atom. The maximum atomic E-state index is 6.22. The molecule has 3 fully saturated rings. The van der Waals surface area contributed by atoms with Gasteiger partial charge in [-0.2, -0.15) is 0 Å². The minimum absolute atomic E-state index is 0.166. The molecule has 3 aliphatic heterocycles. The van der Waals surface area contributed by atoms with Gasteiger partial charge in [0.1, 0.15) is 12.7 Å². The Balaban J connectivity index is 1.35. The maximum absolute atomic E-state index is 6.22. The molecule has 0 amide bonds. The minimum atomic E-state index is 0.166. The van der Waals surface area contributed by atoms with Crippen LogP contribution < -0.4 is 5.32 Å². The first-order valence-electron chi connectivity index (χ1n) is 8.78. The van der Waals surface area contributed by atoms with E-state index < -0.39 is 0 Å². The van der Waals surface area contributed by atoms with E-state index >= 15 is 0 Å². The molecule has 4 heterocycles. The normalized spacial score (nSPS) is 30.6. The molecule has 1 aromatic heterocycles. The van der Waals surface area contributed by atoms with E-state index in [1.165, 1.54) is 51.6 Å². The molecule has 1 aromatic rings. The third kappa shape index (κ3) is 2.92. The van der Waals surface area contributed by atoms with Gasteiger partial charge in [0.25, 0.3) is 0 Å². The molecular formula is C16H27N5O. The summed E-state index contributed by atoms with van der Waals surface area (Å²) in [4.78, 5) is 2.72. The fourth-order valence-corrected chi connectivity index (χ4v) is 4.49. The van der Waals surface area contributed by atoms with Crippen molar-refractivity contribution in [1.29, 1.82) is 0 Å². The molecule has 0 saturated carbocycles. The van der Waals surface area contributed by atoms with Crippen LogP contribution in [0, 0.1) is 0 Å². The molecular weight excluding hydrogens is 278 g/mol. The van der Waals surface area contributed by atoms with Gasteiger partial charge in [-0.3, -0.25) is 0 Å². The number of nitrogens with zero attached hydrogens (tertiary/aromatic N) is 4. The van der Waals surface area contributed by atoms with Crippen molar-refractivity contribution in [3.63, 3.8) is 0 Å². The standard InChI is InChI=1S/C16H27N5O/c1-8-20(9-2-14(1)21-12-18-19-13-21)15-3-10-22-16(11-15)4-6-17-7-5-16/h12-15,17H,1-11H2. The van der Waals surface area contributed by atoms with Gasteiger partial charge in [0, 0.05) is 31.8 Å². The van der Waals surface area contributed by atoms with E-state index in [1.54, 1.807) is 0 Å². The van der Waals surface area contributed by atoms with Crippen molar-refractivity contribution in [2.24, 2.45) is 0 Å². The molecule has 122 valence electrons. The summed E-state index contributed by atoms with van der Waals surface area (Å²) < 4.78 is 8.40. The fourth-order valence-electron chi connectivity index (χ4n) is 4.49. The maximum Gasteiger partial charge on any atom is 0.119 e. The molecule has 0 radical (unpaired) electrons. The predicted octanol–water partition coefficient (Wildman–Crippen LogP) is 1.22. The lowest BCUT2D eigenvalue weighted by atomic mass is 9.82. The fraction of sp³-hybridized carbons (Fsp3) is 0.875. The summed E-state index contributed by atoms with van der Waals surface area (Å²) >= 11 is 0. The molecule has 22 heavy (non-hydrogen) atoms. The van der Waals surface area contributed by atoms with Gasteiger partial charge >= 0.3 is 0 Å². The lowest BCUT2D eigenvalue weighted by molar-refractivity contribution is -0.122. The van der Waals surface area contributed by atoms with Crippen LogP contribution in [0.4, 0.5) is 0 Å². The van der Waals surface area contributed by atoms with E-state index in [0.717, 1.165) is 19.7 Å². The highest BCUT2D eigenvalue weighted by atomic mass is 16.5. The number of hydrogen-bond donors (Lipinski definition) is 1. The molecule has 1 atom stereocenters. The van der Waals surface area contributed by atoms with Gasteiger partial charge in [0.15, 0.2) is 0 Å². The van der Waals surface area contributed by atoms with Crippen molar-refractivity contribution in [3.8, 4) is 0 Å². The van der Waals surface area contributed by atoms with Gasteiger partial charge in [0.2, 0.25) is 0 Å². The summed E-state index contributed by atoms with van der Waals surface area (Å²) in [7, 11) is 0. The first-order valence-corrected chi connectivity index (χ1v) is 8.78. The average molecular weight is 305 g/mol. The highest BCUT2D eigenvalue weighted by molar-refractivity contribution is 4.95. The lowest BCUT2D eigenvalue weighted by Crippen LogP contribution is -2.54. The van der Waals surface area contributed by atoms with Crippen LogP contribution >= 0.6 is 0 Å². The van der Waals surface area contributed by atoms with Gasteiger partial charge in [-0.05, 0) is 51.6 Å². The molecule has 0 bridgehead atoms. The highest BCUT2D eigenvalue weighted by Gasteiger charge is 2.40. The Morgan fingerprint density at radius 3 is 2.45 bits per heavy atom. The van der Waals surface area contributed by atoms with E-state index in [-0.39, 0.29) is 5.60 Å². The van der Waals surface area contributed by atoms with Crippen molar-refractivity contribution in [2.45, 2.75) is 56.2 Å². The first kappa shape index (κ1) is 14.6. The molecule has 4 rings (SSSR count). The Kier molecular flexibility index (Phi) is 4.15. The van der Waals surface area contributed by atoms with Crippen LogP contribution in [0.5, 0.6) is 0 Å². The zero-order chi connectivity index (χ0) is 14.8. The van der Waals surface area contributed by atoms with Crippen LogP contribution in [0.1, 0.15) is 44.6 Å². The molecule has 1 unspecified atom stereocenters. The second-order valence-corrected chi connectivity index (χ2v) is 7.10. The van der Waals surface area contributed by atoms with E-state index in [2.05, 4.69) is 25.0 Å². The number of ether oxygens (including phenoxy) is 1. The van der Waals surface area contributed by atoms with Crippen molar-refractivity contribution < 1.29 is 4.74 Å². The molecule has 3 saturated heterocycles. The average Bonchev–Trinajstić information content (AvgIpc) is 3.10. The first-order chi connectivity index (χ1) is 10.8. The number of hydrogen-bond acceptors (Lipinski definition) is 5. The number of aromatic nitrogens is 3. The van der Waals surface area contributed by atoms with E-state index in [4.69, 9.17) is 4.74 Å². The third-order valence-electron chi connectivity index (χ3n) is 5.86. The van der Waals surface area contributed by atoms with Crippen LogP contribution in [0.3, 0.4) is 0 Å². The number of likely N-dealkylation sites (tertiary alicyclic amines) is 1. The summed E-state index contributed by atoms with van der Waals surface area (Å²) in [6.07, 6.45) is 10.9. The van der Waals surface area contributed by atoms with E-state index in [0.29, 0.717) is 12.1 Å². The number of piperidine rings is 2. The van der Waals surface area contributed by atoms with E-state index in [9.17, 15) is 0 Å². The van der Waals surface area contributed by atoms with Crippen LogP contribution in [-0.2, 0) is 4.74 Å². The summed E-state index contributed by atoms with van der Waals surface area (Å²) in [6.45, 7) is 5.56. The van der Waals surface area contributed by atoms with Crippen LogP contribution in [0.25, 0.3) is 0 Å². The molecule has 0 aromatic carbocycles. The summed E-state index contributed by atoms with van der Waals surface area (Å²) in [5.74, 6) is 0. The monoisotopic (exact) mass is 305 g/mol. The SMILES string of the molecule is c1nncn1C1CCN(C2CCOC3(CCNCC3)C2)CC1. The summed E-state index contributed by atoms with van der Waals surface area (Å²) in [5, 5.41) is 11.3. The summed E-state index contributed by atoms with van der Waals surface area (Å²) in [6, 6.07) is 1.30. The Labute approximate surface area is 132 Å². The third-order valence-corrected chi connectivity index (χ3v) is 5.86. The highest BCUT2D eigenvalue weighted by Crippen LogP contribution is 2.36. The topological polar surface area (TPSA) is 55.2 Å². The Hall–Kier alpha value is -0.980. The molecule has 1 spiro atoms. The largest absolute Gasteiger partial charge is 0.375 e. The van der Waals surface area contributed by atoms with Crippen LogP contribution in [0.15, 0.2) is 12.7 Å². The molecule has 0 aliphatic carbocycles. The smallest absolute Gasteiger partial charge is 0.119 e. The van der Waals surface area contributed by atoms with Crippen molar-refractivity contribution in [3.05, 3.63) is 12.7 Å². The summed E-state index contributed by atoms with van der Waals surface area (Å²) in [5.41, 5.74) is 0.166. The van der Waals surface area contributed by atoms with Gasteiger partial charge < -0.3 is 19.5 Å². The molecule has 6 heteroatoms. The van der Waals surface area contributed by atoms with Gasteiger partial charge in [-0.1, -0.05) is 0 Å². The Bertz CT molecular complexity index is 457. The lowest BCUT2D eigenvalue weighted by Gasteiger charge is -2.48. The van der Waals surface area contributed by atoms with E-state index in [1.807, 2.05) is 12.7 Å². The molecule has 6 nitrogen and oxygen atoms in total. The zero-order valence-electron chi connectivity index (χ0n) is 13.3. The number of rotatable bonds is 2. The number of nitrogens with one attached hydrogen (secondary N) is 1. The van der Waals surface area contributed by atoms with Crippen LogP contribution in [0.2, 0.25) is 0 Å². The van der Waals surface area contributed by atoms with Crippen LogP contribution in [-0.4, -0.2) is 64.1 Å². The van der Waals surface area contributed by atoms with Gasteiger partial charge in [-0.15, -0.1) is 10.2 Å².